The van der Waals surface area contributed by atoms with E-state index in [0.717, 1.165) is 15.3 Å². The Bertz CT molecular complexity index is 992. The van der Waals surface area contributed by atoms with Crippen molar-refractivity contribution < 1.29 is 9.72 Å². The van der Waals surface area contributed by atoms with Crippen LogP contribution >= 0.6 is 34.4 Å². The van der Waals surface area contributed by atoms with Gasteiger partial charge in [0.1, 0.15) is 6.33 Å². The third-order valence-corrected chi connectivity index (χ3v) is 5.16. The Morgan fingerprint density at radius 1 is 1.31 bits per heavy atom. The third kappa shape index (κ3) is 4.19. The van der Waals surface area contributed by atoms with Crippen molar-refractivity contribution in [2.75, 3.05) is 5.32 Å². The summed E-state index contributed by atoms with van der Waals surface area (Å²) >= 11 is 3.26. The number of hydrogen-bond acceptors (Lipinski definition) is 6. The number of aromatic nitrogens is 3. The van der Waals surface area contributed by atoms with E-state index in [4.69, 9.17) is 0 Å². The van der Waals surface area contributed by atoms with E-state index in [9.17, 15) is 14.9 Å². The second kappa shape index (κ2) is 7.83. The van der Waals surface area contributed by atoms with Crippen molar-refractivity contribution >= 4 is 51.6 Å². The molecule has 3 rings (SSSR count). The van der Waals surface area contributed by atoms with Crippen molar-refractivity contribution in [1.29, 1.82) is 0 Å². The second-order valence-electron chi connectivity index (χ2n) is 5.23. The van der Waals surface area contributed by atoms with Gasteiger partial charge in [0.2, 0.25) is 0 Å². The molecule has 0 saturated carbocycles. The lowest BCUT2D eigenvalue weighted by Crippen LogP contribution is -2.12. The summed E-state index contributed by atoms with van der Waals surface area (Å²) in [6.45, 7) is 0. The van der Waals surface area contributed by atoms with Crippen LogP contribution < -0.4 is 5.32 Å². The SMILES string of the molecule is Cn1cnnc1Sc1ccc(C(=O)Nc2cccc(I)c2)cc1[N+](=O)[O-]. The summed E-state index contributed by atoms with van der Waals surface area (Å²) in [5.74, 6) is -0.412. The normalized spacial score (nSPS) is 10.5. The van der Waals surface area contributed by atoms with Gasteiger partial charge in [0, 0.05) is 27.9 Å². The molecule has 2 aromatic carbocycles. The van der Waals surface area contributed by atoms with Crippen LogP contribution in [0.2, 0.25) is 0 Å². The van der Waals surface area contributed by atoms with E-state index in [1.807, 2.05) is 18.2 Å². The molecule has 0 aliphatic heterocycles. The van der Waals surface area contributed by atoms with E-state index >= 15 is 0 Å². The number of benzene rings is 2. The summed E-state index contributed by atoms with van der Waals surface area (Å²) in [6.07, 6.45) is 1.51. The molecular formula is C16H12IN5O3S. The largest absolute Gasteiger partial charge is 0.322 e. The lowest BCUT2D eigenvalue weighted by molar-refractivity contribution is -0.387. The molecule has 10 heteroatoms. The minimum atomic E-state index is -0.513. The first kappa shape index (κ1) is 18.3. The second-order valence-corrected chi connectivity index (χ2v) is 7.49. The summed E-state index contributed by atoms with van der Waals surface area (Å²) in [6, 6.07) is 11.6. The molecule has 0 unspecified atom stereocenters. The maximum atomic E-state index is 12.4. The maximum Gasteiger partial charge on any atom is 0.284 e. The van der Waals surface area contributed by atoms with Crippen LogP contribution in [0.3, 0.4) is 0 Å². The number of rotatable bonds is 5. The fourth-order valence-electron chi connectivity index (χ4n) is 2.12. The van der Waals surface area contributed by atoms with Crippen LogP contribution in [-0.4, -0.2) is 25.6 Å². The number of carbonyl (C=O) groups is 1. The number of nitro groups is 1. The van der Waals surface area contributed by atoms with Gasteiger partial charge in [-0.1, -0.05) is 6.07 Å². The molecule has 0 fully saturated rings. The number of halogens is 1. The first-order chi connectivity index (χ1) is 12.4. The van der Waals surface area contributed by atoms with E-state index in [1.54, 1.807) is 29.8 Å². The Morgan fingerprint density at radius 3 is 2.77 bits per heavy atom. The molecule has 0 spiro atoms. The van der Waals surface area contributed by atoms with Gasteiger partial charge in [0.25, 0.3) is 11.6 Å². The van der Waals surface area contributed by atoms with E-state index in [2.05, 4.69) is 38.1 Å². The molecule has 8 nitrogen and oxygen atoms in total. The predicted molar refractivity (Wildman–Crippen MR) is 105 cm³/mol. The Balaban J connectivity index is 1.87. The number of aryl methyl sites for hydroxylation is 1. The quantitative estimate of drug-likeness (QED) is 0.339. The molecule has 1 amide bonds. The lowest BCUT2D eigenvalue weighted by atomic mass is 10.2. The number of amides is 1. The highest BCUT2D eigenvalue weighted by molar-refractivity contribution is 14.1. The zero-order valence-electron chi connectivity index (χ0n) is 13.4. The molecule has 0 saturated heterocycles. The molecule has 0 radical (unpaired) electrons. The number of nitrogens with one attached hydrogen (secondary N) is 1. The van der Waals surface area contributed by atoms with Crippen molar-refractivity contribution in [2.24, 2.45) is 7.05 Å². The van der Waals surface area contributed by atoms with Gasteiger partial charge in [-0.15, -0.1) is 10.2 Å². The summed E-state index contributed by atoms with van der Waals surface area (Å²) < 4.78 is 2.63. The van der Waals surface area contributed by atoms with Crippen LogP contribution in [0.15, 0.2) is 58.8 Å². The predicted octanol–water partition coefficient (Wildman–Crippen LogP) is 3.73. The molecule has 26 heavy (non-hydrogen) atoms. The first-order valence-corrected chi connectivity index (χ1v) is 9.21. The van der Waals surface area contributed by atoms with Gasteiger partial charge in [-0.05, 0) is 64.7 Å². The highest BCUT2D eigenvalue weighted by Crippen LogP contribution is 2.34. The van der Waals surface area contributed by atoms with Crippen LogP contribution in [0.25, 0.3) is 0 Å². The van der Waals surface area contributed by atoms with E-state index in [0.29, 0.717) is 15.7 Å². The number of anilines is 1. The molecule has 0 atom stereocenters. The van der Waals surface area contributed by atoms with E-state index in [-0.39, 0.29) is 11.3 Å². The average Bonchev–Trinajstić information content (AvgIpc) is 3.00. The van der Waals surface area contributed by atoms with Crippen LogP contribution in [0.1, 0.15) is 10.4 Å². The first-order valence-electron chi connectivity index (χ1n) is 7.31. The van der Waals surface area contributed by atoms with Crippen molar-refractivity contribution in [2.45, 2.75) is 10.1 Å². The summed E-state index contributed by atoms with van der Waals surface area (Å²) in [5, 5.41) is 22.3. The Morgan fingerprint density at radius 2 is 2.12 bits per heavy atom. The molecule has 1 aromatic heterocycles. The fourth-order valence-corrected chi connectivity index (χ4v) is 3.51. The minimum Gasteiger partial charge on any atom is -0.322 e. The Labute approximate surface area is 166 Å². The zero-order chi connectivity index (χ0) is 18.7. The number of nitro benzene ring substituents is 1. The highest BCUT2D eigenvalue weighted by Gasteiger charge is 2.20. The van der Waals surface area contributed by atoms with Crippen molar-refractivity contribution in [3.8, 4) is 0 Å². The van der Waals surface area contributed by atoms with Crippen molar-refractivity contribution in [3.63, 3.8) is 0 Å². The lowest BCUT2D eigenvalue weighted by Gasteiger charge is -2.07. The van der Waals surface area contributed by atoms with Gasteiger partial charge in [-0.25, -0.2) is 0 Å². The number of carbonyl (C=O) groups excluding carboxylic acids is 1. The Kier molecular flexibility index (Phi) is 5.52. The zero-order valence-corrected chi connectivity index (χ0v) is 16.4. The van der Waals surface area contributed by atoms with Crippen LogP contribution in [0.5, 0.6) is 0 Å². The van der Waals surface area contributed by atoms with Crippen molar-refractivity contribution in [1.82, 2.24) is 14.8 Å². The third-order valence-electron chi connectivity index (χ3n) is 3.37. The molecule has 0 bridgehead atoms. The molecular weight excluding hydrogens is 469 g/mol. The summed E-state index contributed by atoms with van der Waals surface area (Å²) in [7, 11) is 1.75. The number of hydrogen-bond donors (Lipinski definition) is 1. The standard InChI is InChI=1S/C16H12IN5O3S/c1-21-9-18-20-16(21)26-14-6-5-10(7-13(14)22(24)25)15(23)19-12-4-2-3-11(17)8-12/h2-9H,1H3,(H,19,23). The fraction of sp³-hybridized carbons (Fsp3) is 0.0625. The van der Waals surface area contributed by atoms with Gasteiger partial charge in [0.15, 0.2) is 5.16 Å². The van der Waals surface area contributed by atoms with Gasteiger partial charge in [0.05, 0.1) is 9.82 Å². The maximum absolute atomic E-state index is 12.4. The van der Waals surface area contributed by atoms with Crippen molar-refractivity contribution in [3.05, 3.63) is 68.0 Å². The minimum absolute atomic E-state index is 0.159. The molecule has 132 valence electrons. The molecule has 3 aromatic rings. The molecule has 0 aliphatic carbocycles. The summed E-state index contributed by atoms with van der Waals surface area (Å²) in [5.41, 5.74) is 0.674. The smallest absolute Gasteiger partial charge is 0.284 e. The van der Waals surface area contributed by atoms with Gasteiger partial charge < -0.3 is 9.88 Å². The van der Waals surface area contributed by atoms with E-state index in [1.165, 1.54) is 12.4 Å². The van der Waals surface area contributed by atoms with Crippen LogP contribution in [0, 0.1) is 13.7 Å². The van der Waals surface area contributed by atoms with Gasteiger partial charge in [-0.2, -0.15) is 0 Å². The van der Waals surface area contributed by atoms with Crippen LogP contribution in [-0.2, 0) is 7.05 Å². The van der Waals surface area contributed by atoms with Gasteiger partial charge in [-0.3, -0.25) is 14.9 Å². The van der Waals surface area contributed by atoms with E-state index < -0.39 is 10.8 Å². The Hall–Kier alpha value is -2.47. The topological polar surface area (TPSA) is 103 Å². The monoisotopic (exact) mass is 481 g/mol. The summed E-state index contributed by atoms with van der Waals surface area (Å²) in [4.78, 5) is 23.7. The average molecular weight is 481 g/mol. The van der Waals surface area contributed by atoms with Crippen LogP contribution in [0.4, 0.5) is 11.4 Å². The number of nitrogens with zero attached hydrogens (tertiary/aromatic N) is 4. The highest BCUT2D eigenvalue weighted by atomic mass is 127. The molecule has 0 aliphatic rings. The molecule has 1 N–H and O–H groups in total. The molecule has 1 heterocycles. The van der Waals surface area contributed by atoms with Gasteiger partial charge >= 0.3 is 0 Å².